The van der Waals surface area contributed by atoms with Gasteiger partial charge < -0.3 is 0 Å². The van der Waals surface area contributed by atoms with E-state index in [1.807, 2.05) is 0 Å². The second-order valence-electron chi connectivity index (χ2n) is 7.47. The van der Waals surface area contributed by atoms with Gasteiger partial charge in [-0.15, -0.1) is 0 Å². The van der Waals surface area contributed by atoms with Crippen LogP contribution in [0.4, 0.5) is 0 Å². The first-order chi connectivity index (χ1) is 11.8. The summed E-state index contributed by atoms with van der Waals surface area (Å²) >= 11 is 3.87. The van der Waals surface area contributed by atoms with Gasteiger partial charge in [0.25, 0.3) is 0 Å². The molecule has 0 fully saturated rings. The van der Waals surface area contributed by atoms with Crippen LogP contribution in [0.3, 0.4) is 0 Å². The van der Waals surface area contributed by atoms with Crippen molar-refractivity contribution in [1.82, 2.24) is 0 Å². The molecular formula is C23H45Br. The average molecular weight is 402 g/mol. The van der Waals surface area contributed by atoms with Crippen LogP contribution >= 0.6 is 15.9 Å². The minimum Gasteiger partial charge on any atom is -0.0891 e. The lowest BCUT2D eigenvalue weighted by molar-refractivity contribution is 0.559. The van der Waals surface area contributed by atoms with Gasteiger partial charge in [-0.25, -0.2) is 0 Å². The van der Waals surface area contributed by atoms with E-state index in [4.69, 9.17) is 0 Å². The molecule has 0 aromatic carbocycles. The molecule has 1 heteroatoms. The van der Waals surface area contributed by atoms with Crippen LogP contribution in [0.5, 0.6) is 0 Å². The first kappa shape index (κ1) is 24.2. The first-order valence-electron chi connectivity index (χ1n) is 11.1. The molecule has 0 aliphatic rings. The molecule has 0 amide bonds. The average Bonchev–Trinajstić information content (AvgIpc) is 2.59. The van der Waals surface area contributed by atoms with E-state index in [9.17, 15) is 0 Å². The van der Waals surface area contributed by atoms with Gasteiger partial charge in [0.15, 0.2) is 0 Å². The van der Waals surface area contributed by atoms with E-state index in [0.29, 0.717) is 0 Å². The molecular weight excluding hydrogens is 356 g/mol. The number of unbranched alkanes of at least 4 members (excludes halogenated alkanes) is 13. The molecule has 1 atom stereocenters. The predicted octanol–water partition coefficient (Wildman–Crippen LogP) is 9.37. The number of hydrogen-bond donors (Lipinski definition) is 0. The van der Waals surface area contributed by atoms with Gasteiger partial charge in [-0.3, -0.25) is 0 Å². The molecule has 0 aromatic heterocycles. The highest BCUT2D eigenvalue weighted by Crippen LogP contribution is 2.18. The van der Waals surface area contributed by atoms with Crippen molar-refractivity contribution in [2.45, 2.75) is 134 Å². The number of allylic oxidation sites excluding steroid dienone is 2. The van der Waals surface area contributed by atoms with Gasteiger partial charge >= 0.3 is 0 Å². The molecule has 0 bridgehead atoms. The van der Waals surface area contributed by atoms with Gasteiger partial charge in [-0.1, -0.05) is 119 Å². The molecule has 0 aliphatic carbocycles. The largest absolute Gasteiger partial charge is 0.0891 e. The fraction of sp³-hybridized carbons (Fsp3) is 0.913. The number of halogens is 1. The molecule has 0 saturated heterocycles. The van der Waals surface area contributed by atoms with Crippen molar-refractivity contribution < 1.29 is 0 Å². The number of hydrogen-bond acceptors (Lipinski definition) is 0. The second kappa shape index (κ2) is 21.3. The summed E-state index contributed by atoms with van der Waals surface area (Å²) in [7, 11) is 0. The highest BCUT2D eigenvalue weighted by molar-refractivity contribution is 9.09. The minimum absolute atomic E-state index is 0.750. The Morgan fingerprint density at radius 3 is 1.54 bits per heavy atom. The van der Waals surface area contributed by atoms with Crippen LogP contribution in [0, 0.1) is 0 Å². The zero-order valence-corrected chi connectivity index (χ0v) is 18.4. The van der Waals surface area contributed by atoms with Crippen molar-refractivity contribution in [3.8, 4) is 0 Å². The maximum atomic E-state index is 3.87. The van der Waals surface area contributed by atoms with Crippen molar-refractivity contribution in [2.24, 2.45) is 0 Å². The van der Waals surface area contributed by atoms with E-state index in [-0.39, 0.29) is 0 Å². The van der Waals surface area contributed by atoms with Crippen molar-refractivity contribution in [3.63, 3.8) is 0 Å². The van der Waals surface area contributed by atoms with Crippen molar-refractivity contribution >= 4 is 15.9 Å². The summed E-state index contributed by atoms with van der Waals surface area (Å²) < 4.78 is 0. The Labute approximate surface area is 162 Å². The van der Waals surface area contributed by atoms with Gasteiger partial charge in [0, 0.05) is 4.83 Å². The van der Waals surface area contributed by atoms with Crippen LogP contribution in [0.25, 0.3) is 0 Å². The molecule has 0 N–H and O–H groups in total. The lowest BCUT2D eigenvalue weighted by atomic mass is 10.0. The van der Waals surface area contributed by atoms with Gasteiger partial charge in [-0.05, 0) is 38.5 Å². The molecule has 0 saturated carbocycles. The molecule has 0 radical (unpaired) electrons. The third-order valence-electron chi connectivity index (χ3n) is 4.90. The zero-order chi connectivity index (χ0) is 17.7. The van der Waals surface area contributed by atoms with E-state index in [1.54, 1.807) is 0 Å². The standard InChI is InChI=1S/C23H45Br/c1-3-5-7-9-11-12-13-14-16-18-20-22-23(24)21-19-17-15-10-8-6-4-2/h14,16,23H,3-13,15,17-22H2,1-2H3/b16-14-. The molecule has 144 valence electrons. The Morgan fingerprint density at radius 1 is 0.542 bits per heavy atom. The highest BCUT2D eigenvalue weighted by Gasteiger charge is 2.02. The quantitative estimate of drug-likeness (QED) is 0.115. The molecule has 0 heterocycles. The Bertz CT molecular complexity index is 246. The summed E-state index contributed by atoms with van der Waals surface area (Å²) in [6, 6.07) is 0. The van der Waals surface area contributed by atoms with Crippen molar-refractivity contribution in [2.75, 3.05) is 0 Å². The fourth-order valence-electron chi connectivity index (χ4n) is 3.20. The minimum atomic E-state index is 0.750. The van der Waals surface area contributed by atoms with Crippen LogP contribution in [0.1, 0.15) is 129 Å². The summed E-state index contributed by atoms with van der Waals surface area (Å²) in [5.41, 5.74) is 0. The summed E-state index contributed by atoms with van der Waals surface area (Å²) in [4.78, 5) is 0.750. The van der Waals surface area contributed by atoms with E-state index in [1.165, 1.54) is 116 Å². The van der Waals surface area contributed by atoms with Crippen LogP contribution < -0.4 is 0 Å². The molecule has 0 rings (SSSR count). The summed E-state index contributed by atoms with van der Waals surface area (Å²) in [6.07, 6.45) is 29.9. The molecule has 0 spiro atoms. The van der Waals surface area contributed by atoms with Crippen LogP contribution in [-0.4, -0.2) is 4.83 Å². The Kier molecular flexibility index (Phi) is 21.5. The van der Waals surface area contributed by atoms with E-state index < -0.39 is 0 Å². The Morgan fingerprint density at radius 2 is 0.958 bits per heavy atom. The van der Waals surface area contributed by atoms with Crippen LogP contribution in [0.2, 0.25) is 0 Å². The lowest BCUT2D eigenvalue weighted by Gasteiger charge is -2.08. The number of alkyl halides is 1. The smallest absolute Gasteiger partial charge is 0.0145 e. The maximum Gasteiger partial charge on any atom is 0.0145 e. The zero-order valence-electron chi connectivity index (χ0n) is 16.8. The van der Waals surface area contributed by atoms with E-state index >= 15 is 0 Å². The van der Waals surface area contributed by atoms with Gasteiger partial charge in [0.2, 0.25) is 0 Å². The van der Waals surface area contributed by atoms with Gasteiger partial charge in [0.05, 0.1) is 0 Å². The van der Waals surface area contributed by atoms with Crippen LogP contribution in [0.15, 0.2) is 12.2 Å². The molecule has 1 unspecified atom stereocenters. The third kappa shape index (κ3) is 20.3. The normalized spacial score (nSPS) is 13.0. The van der Waals surface area contributed by atoms with Crippen molar-refractivity contribution in [3.05, 3.63) is 12.2 Å². The predicted molar refractivity (Wildman–Crippen MR) is 116 cm³/mol. The fourth-order valence-corrected chi connectivity index (χ4v) is 3.85. The summed E-state index contributed by atoms with van der Waals surface area (Å²) in [5, 5.41) is 0. The summed E-state index contributed by atoms with van der Waals surface area (Å²) in [6.45, 7) is 4.58. The lowest BCUT2D eigenvalue weighted by Crippen LogP contribution is -1.97. The van der Waals surface area contributed by atoms with E-state index in [2.05, 4.69) is 41.9 Å². The first-order valence-corrected chi connectivity index (χ1v) is 12.0. The SMILES string of the molecule is CCCCCCCC/C=C\CCCC(Br)CCCCCCCCC. The van der Waals surface area contributed by atoms with Gasteiger partial charge in [-0.2, -0.15) is 0 Å². The Balaban J connectivity index is 3.21. The van der Waals surface area contributed by atoms with Gasteiger partial charge in [0.1, 0.15) is 0 Å². The molecule has 0 aliphatic heterocycles. The second-order valence-corrected chi connectivity index (χ2v) is 8.76. The third-order valence-corrected chi connectivity index (χ3v) is 5.82. The molecule has 0 aromatic rings. The maximum absolute atomic E-state index is 3.87. The topological polar surface area (TPSA) is 0 Å². The molecule has 0 nitrogen and oxygen atoms in total. The van der Waals surface area contributed by atoms with Crippen molar-refractivity contribution in [1.29, 1.82) is 0 Å². The summed E-state index contributed by atoms with van der Waals surface area (Å²) in [5.74, 6) is 0. The Hall–Kier alpha value is 0.220. The van der Waals surface area contributed by atoms with E-state index in [0.717, 1.165) is 4.83 Å². The molecule has 24 heavy (non-hydrogen) atoms. The highest BCUT2D eigenvalue weighted by atomic mass is 79.9. The number of rotatable bonds is 19. The monoisotopic (exact) mass is 400 g/mol. The van der Waals surface area contributed by atoms with Crippen LogP contribution in [-0.2, 0) is 0 Å².